The lowest BCUT2D eigenvalue weighted by Crippen LogP contribution is -2.38. The fourth-order valence-electron chi connectivity index (χ4n) is 3.82. The van der Waals surface area contributed by atoms with E-state index in [9.17, 15) is 13.2 Å². The highest BCUT2D eigenvalue weighted by Gasteiger charge is 2.60. The predicted octanol–water partition coefficient (Wildman–Crippen LogP) is 7.48. The van der Waals surface area contributed by atoms with Crippen molar-refractivity contribution in [1.29, 1.82) is 0 Å². The van der Waals surface area contributed by atoms with Gasteiger partial charge in [-0.3, -0.25) is 0 Å². The van der Waals surface area contributed by atoms with Gasteiger partial charge >= 0.3 is 6.18 Å². The zero-order valence-electron chi connectivity index (χ0n) is 17.7. The summed E-state index contributed by atoms with van der Waals surface area (Å²) in [6.45, 7) is 9.21. The van der Waals surface area contributed by atoms with Crippen molar-refractivity contribution in [3.8, 4) is 0 Å². The predicted molar refractivity (Wildman–Crippen MR) is 126 cm³/mol. The summed E-state index contributed by atoms with van der Waals surface area (Å²) in [7, 11) is 0. The van der Waals surface area contributed by atoms with E-state index in [2.05, 4.69) is 23.1 Å². The molecule has 0 aliphatic carbocycles. The van der Waals surface area contributed by atoms with Crippen molar-refractivity contribution in [2.24, 2.45) is 4.40 Å². The number of nitrogens with zero attached hydrogens (tertiary/aromatic N) is 2. The maximum absolute atomic E-state index is 14.3. The van der Waals surface area contributed by atoms with Crippen LogP contribution in [0, 0.1) is 6.92 Å². The molecule has 0 saturated carbocycles. The third kappa shape index (κ3) is 5.24. The molecule has 0 N–H and O–H groups in total. The standard InChI is InChI=1S/C23H25Cl2F3N2S/c1-4-30(5-2)9-8-16-6-7-17(10-15(16)3)21-14-22(31-29-21,23(26,27)28)18-11-19(24)13-20(25)12-18/h6-7,10-13H,4-5,8-9,14H2,1-3H3. The molecular formula is C23H25Cl2F3N2S. The van der Waals surface area contributed by atoms with Crippen LogP contribution in [0.3, 0.4) is 0 Å². The van der Waals surface area contributed by atoms with Crippen LogP contribution in [0.2, 0.25) is 10.0 Å². The highest BCUT2D eigenvalue weighted by molar-refractivity contribution is 7.99. The minimum absolute atomic E-state index is 0.0221. The van der Waals surface area contributed by atoms with Crippen molar-refractivity contribution in [3.05, 3.63) is 68.7 Å². The maximum Gasteiger partial charge on any atom is 0.409 e. The summed E-state index contributed by atoms with van der Waals surface area (Å²) < 4.78 is 44.8. The van der Waals surface area contributed by atoms with Crippen molar-refractivity contribution in [3.63, 3.8) is 0 Å². The van der Waals surface area contributed by atoms with Crippen LogP contribution in [0.25, 0.3) is 0 Å². The van der Waals surface area contributed by atoms with E-state index >= 15 is 0 Å². The molecule has 168 valence electrons. The molecule has 0 amide bonds. The first-order chi connectivity index (χ1) is 14.6. The topological polar surface area (TPSA) is 15.6 Å². The van der Waals surface area contributed by atoms with Crippen LogP contribution in [0.4, 0.5) is 13.2 Å². The average Bonchev–Trinajstić information content (AvgIpc) is 3.16. The molecule has 0 fully saturated rings. The molecule has 0 radical (unpaired) electrons. The van der Waals surface area contributed by atoms with E-state index in [-0.39, 0.29) is 22.0 Å². The molecule has 1 aliphatic rings. The smallest absolute Gasteiger partial charge is 0.304 e. The first-order valence-electron chi connectivity index (χ1n) is 10.2. The molecule has 2 nitrogen and oxygen atoms in total. The van der Waals surface area contributed by atoms with Gasteiger partial charge < -0.3 is 4.90 Å². The number of hydrogen-bond donors (Lipinski definition) is 0. The Morgan fingerprint density at radius 2 is 1.71 bits per heavy atom. The van der Waals surface area contributed by atoms with Crippen LogP contribution in [-0.4, -0.2) is 36.4 Å². The molecular weight excluding hydrogens is 464 g/mol. The van der Waals surface area contributed by atoms with Crippen molar-refractivity contribution in [2.75, 3.05) is 19.6 Å². The van der Waals surface area contributed by atoms with Gasteiger partial charge in [0.25, 0.3) is 0 Å². The Bertz CT molecular complexity index is 954. The Kier molecular flexibility index (Phi) is 7.67. The van der Waals surface area contributed by atoms with Crippen LogP contribution in [0.15, 0.2) is 40.8 Å². The first kappa shape index (κ1) is 24.4. The maximum atomic E-state index is 14.3. The molecule has 0 aromatic heterocycles. The van der Waals surface area contributed by atoms with E-state index in [1.54, 1.807) is 0 Å². The Morgan fingerprint density at radius 3 is 2.26 bits per heavy atom. The zero-order valence-corrected chi connectivity index (χ0v) is 20.0. The van der Waals surface area contributed by atoms with Gasteiger partial charge in [-0.25, -0.2) is 4.40 Å². The lowest BCUT2D eigenvalue weighted by atomic mass is 9.88. The van der Waals surface area contributed by atoms with Crippen LogP contribution in [-0.2, 0) is 11.2 Å². The molecule has 0 saturated heterocycles. The Hall–Kier alpha value is -1.21. The minimum atomic E-state index is -4.52. The van der Waals surface area contributed by atoms with Gasteiger partial charge in [0, 0.05) is 23.0 Å². The van der Waals surface area contributed by atoms with Crippen LogP contribution >= 0.6 is 35.1 Å². The SMILES string of the molecule is CCN(CC)CCc1ccc(C2=NSC(c3cc(Cl)cc(Cl)c3)(C(F)(F)F)C2)cc1C. The second-order valence-corrected chi connectivity index (χ2v) is 9.64. The van der Waals surface area contributed by atoms with Gasteiger partial charge in [0.15, 0.2) is 4.75 Å². The third-order valence-electron chi connectivity index (χ3n) is 5.78. The number of alkyl halides is 3. The molecule has 1 atom stereocenters. The Labute approximate surface area is 196 Å². The number of hydrogen-bond acceptors (Lipinski definition) is 3. The summed E-state index contributed by atoms with van der Waals surface area (Å²) in [6, 6.07) is 9.90. The third-order valence-corrected chi connectivity index (χ3v) is 7.45. The summed E-state index contributed by atoms with van der Waals surface area (Å²) >= 11 is 12.5. The van der Waals surface area contributed by atoms with Crippen LogP contribution in [0.5, 0.6) is 0 Å². The summed E-state index contributed by atoms with van der Waals surface area (Å²) in [5.41, 5.74) is 3.43. The summed E-state index contributed by atoms with van der Waals surface area (Å²) in [6.07, 6.45) is -3.88. The van der Waals surface area contributed by atoms with Gasteiger partial charge in [0.1, 0.15) is 0 Å². The van der Waals surface area contributed by atoms with E-state index in [0.29, 0.717) is 17.7 Å². The van der Waals surface area contributed by atoms with Crippen molar-refractivity contribution in [2.45, 2.75) is 44.5 Å². The van der Waals surface area contributed by atoms with Gasteiger partial charge in [-0.15, -0.1) is 0 Å². The van der Waals surface area contributed by atoms with Crippen molar-refractivity contribution < 1.29 is 13.2 Å². The first-order valence-corrected chi connectivity index (χ1v) is 11.7. The molecule has 31 heavy (non-hydrogen) atoms. The van der Waals surface area contributed by atoms with E-state index in [0.717, 1.165) is 37.2 Å². The Morgan fingerprint density at radius 1 is 1.06 bits per heavy atom. The second kappa shape index (κ2) is 9.74. The largest absolute Gasteiger partial charge is 0.409 e. The molecule has 1 heterocycles. The van der Waals surface area contributed by atoms with Gasteiger partial charge in [-0.05, 0) is 84.9 Å². The summed E-state index contributed by atoms with van der Waals surface area (Å²) in [5.74, 6) is 0. The van der Waals surface area contributed by atoms with E-state index in [1.807, 2.05) is 25.1 Å². The number of halogens is 5. The van der Waals surface area contributed by atoms with Crippen molar-refractivity contribution in [1.82, 2.24) is 4.90 Å². The monoisotopic (exact) mass is 488 g/mol. The average molecular weight is 489 g/mol. The normalized spacial score (nSPS) is 19.2. The van der Waals surface area contributed by atoms with E-state index < -0.39 is 10.9 Å². The molecule has 2 aromatic rings. The molecule has 0 bridgehead atoms. The molecule has 0 spiro atoms. The van der Waals surface area contributed by atoms with E-state index in [1.165, 1.54) is 23.8 Å². The van der Waals surface area contributed by atoms with Crippen molar-refractivity contribution >= 4 is 40.9 Å². The molecule has 1 aliphatic heterocycles. The van der Waals surface area contributed by atoms with Crippen LogP contribution < -0.4 is 0 Å². The quantitative estimate of drug-likeness (QED) is 0.375. The zero-order chi connectivity index (χ0) is 22.8. The van der Waals surface area contributed by atoms with Gasteiger partial charge in [0.05, 0.1) is 5.71 Å². The fraction of sp³-hybridized carbons (Fsp3) is 0.435. The van der Waals surface area contributed by atoms with Gasteiger partial charge in [0.2, 0.25) is 0 Å². The number of likely N-dealkylation sites (N-methyl/N-ethyl adjacent to an activating group) is 1. The molecule has 3 rings (SSSR count). The highest BCUT2D eigenvalue weighted by Crippen LogP contribution is 2.57. The molecule has 2 aromatic carbocycles. The number of aryl methyl sites for hydroxylation is 1. The van der Waals surface area contributed by atoms with Crippen LogP contribution in [0.1, 0.15) is 42.5 Å². The van der Waals surface area contributed by atoms with Gasteiger partial charge in [-0.2, -0.15) is 13.2 Å². The highest BCUT2D eigenvalue weighted by atomic mass is 35.5. The Balaban J connectivity index is 1.86. The lowest BCUT2D eigenvalue weighted by molar-refractivity contribution is -0.159. The molecule has 1 unspecified atom stereocenters. The van der Waals surface area contributed by atoms with Gasteiger partial charge in [-0.1, -0.05) is 49.2 Å². The molecule has 8 heteroatoms. The fourth-order valence-corrected chi connectivity index (χ4v) is 5.31. The number of rotatable bonds is 7. The second-order valence-electron chi connectivity index (χ2n) is 7.71. The minimum Gasteiger partial charge on any atom is -0.304 e. The summed E-state index contributed by atoms with van der Waals surface area (Å²) in [4.78, 5) is 2.35. The summed E-state index contributed by atoms with van der Waals surface area (Å²) in [5, 5.41) is 0.349. The van der Waals surface area contributed by atoms with E-state index in [4.69, 9.17) is 23.2 Å². The lowest BCUT2D eigenvalue weighted by Gasteiger charge is -2.30. The number of benzene rings is 2.